The highest BCUT2D eigenvalue weighted by molar-refractivity contribution is 7.98. The van der Waals surface area contributed by atoms with E-state index in [1.54, 1.807) is 17.8 Å². The molecule has 1 heterocycles. The van der Waals surface area contributed by atoms with Crippen LogP contribution in [0.5, 0.6) is 0 Å². The summed E-state index contributed by atoms with van der Waals surface area (Å²) >= 11 is 1.65. The van der Waals surface area contributed by atoms with Crippen LogP contribution in [0.2, 0.25) is 0 Å². The Morgan fingerprint density at radius 2 is 2.24 bits per heavy atom. The van der Waals surface area contributed by atoms with Gasteiger partial charge in [-0.15, -0.1) is 22.0 Å². The van der Waals surface area contributed by atoms with Crippen molar-refractivity contribution in [2.45, 2.75) is 17.6 Å². The van der Waals surface area contributed by atoms with Crippen LogP contribution < -0.4 is 0 Å². The van der Waals surface area contributed by atoms with Gasteiger partial charge in [0.1, 0.15) is 17.9 Å². The minimum absolute atomic E-state index is 0.698. The lowest BCUT2D eigenvalue weighted by molar-refractivity contribution is 0.112. The van der Waals surface area contributed by atoms with E-state index in [1.165, 1.54) is 0 Å². The zero-order chi connectivity index (χ0) is 12.3. The molecule has 0 atom stereocenters. The third-order valence-electron chi connectivity index (χ3n) is 2.54. The van der Waals surface area contributed by atoms with Gasteiger partial charge in [0.2, 0.25) is 0 Å². The Balaban J connectivity index is 2.07. The van der Waals surface area contributed by atoms with Crippen LogP contribution in [0.15, 0.2) is 29.2 Å². The molecule has 1 aromatic heterocycles. The van der Waals surface area contributed by atoms with Crippen molar-refractivity contribution in [1.82, 2.24) is 14.8 Å². The topological polar surface area (TPSA) is 47.8 Å². The van der Waals surface area contributed by atoms with Crippen LogP contribution in [0.25, 0.3) is 0 Å². The van der Waals surface area contributed by atoms with Crippen molar-refractivity contribution < 1.29 is 4.79 Å². The molecule has 0 saturated heterocycles. The summed E-state index contributed by atoms with van der Waals surface area (Å²) in [6, 6.07) is 7.54. The van der Waals surface area contributed by atoms with Gasteiger partial charge in [-0.25, -0.2) is 0 Å². The maximum absolute atomic E-state index is 10.7. The zero-order valence-electron chi connectivity index (χ0n) is 9.75. The number of rotatable bonds is 4. The van der Waals surface area contributed by atoms with Crippen molar-refractivity contribution in [1.29, 1.82) is 0 Å². The molecular weight excluding hydrogens is 234 g/mol. The van der Waals surface area contributed by atoms with Crippen molar-refractivity contribution in [2.24, 2.45) is 7.05 Å². The fraction of sp³-hybridized carbons (Fsp3) is 0.250. The van der Waals surface area contributed by atoms with Gasteiger partial charge < -0.3 is 4.57 Å². The first-order valence-electron chi connectivity index (χ1n) is 5.23. The average Bonchev–Trinajstić information content (AvgIpc) is 2.68. The molecule has 0 spiro atoms. The van der Waals surface area contributed by atoms with Gasteiger partial charge in [-0.05, 0) is 19.1 Å². The number of thioether (sulfide) groups is 1. The highest BCUT2D eigenvalue weighted by Crippen LogP contribution is 2.22. The van der Waals surface area contributed by atoms with E-state index in [0.29, 0.717) is 5.56 Å². The molecule has 0 bridgehead atoms. The minimum atomic E-state index is 0.698. The van der Waals surface area contributed by atoms with Crippen LogP contribution in [0.4, 0.5) is 0 Å². The summed E-state index contributed by atoms with van der Waals surface area (Å²) in [6.07, 6.45) is 0.858. The molecule has 1 aromatic carbocycles. The summed E-state index contributed by atoms with van der Waals surface area (Å²) in [7, 11) is 1.95. The van der Waals surface area contributed by atoms with Crippen molar-refractivity contribution in [3.63, 3.8) is 0 Å². The number of carbonyl (C=O) groups is 1. The molecule has 2 aromatic rings. The number of aryl methyl sites for hydroxylation is 1. The molecule has 4 nitrogen and oxygen atoms in total. The number of nitrogens with zero attached hydrogens (tertiary/aromatic N) is 3. The number of carbonyl (C=O) groups excluding carboxylic acids is 1. The van der Waals surface area contributed by atoms with Crippen LogP contribution in [0, 0.1) is 6.92 Å². The van der Waals surface area contributed by atoms with Crippen LogP contribution >= 0.6 is 11.8 Å². The summed E-state index contributed by atoms with van der Waals surface area (Å²) in [4.78, 5) is 11.7. The standard InChI is InChI=1S/C12H13N3OS/c1-9-13-14-12(15(9)2)8-17-11-5-3-4-10(6-11)7-16/h3-7H,8H2,1-2H3. The Morgan fingerprint density at radius 1 is 1.41 bits per heavy atom. The average molecular weight is 247 g/mol. The van der Waals surface area contributed by atoms with E-state index in [9.17, 15) is 4.79 Å². The largest absolute Gasteiger partial charge is 0.318 e. The second kappa shape index (κ2) is 5.14. The lowest BCUT2D eigenvalue weighted by atomic mass is 10.2. The number of benzene rings is 1. The van der Waals surface area contributed by atoms with E-state index in [1.807, 2.05) is 36.7 Å². The third-order valence-corrected chi connectivity index (χ3v) is 3.53. The minimum Gasteiger partial charge on any atom is -0.318 e. The number of hydrogen-bond donors (Lipinski definition) is 0. The molecule has 88 valence electrons. The highest BCUT2D eigenvalue weighted by Gasteiger charge is 2.05. The van der Waals surface area contributed by atoms with Crippen LogP contribution in [0.3, 0.4) is 0 Å². The molecule has 0 N–H and O–H groups in total. The molecule has 2 rings (SSSR count). The van der Waals surface area contributed by atoms with E-state index in [-0.39, 0.29) is 0 Å². The van der Waals surface area contributed by atoms with Gasteiger partial charge >= 0.3 is 0 Å². The van der Waals surface area contributed by atoms with Gasteiger partial charge in [-0.1, -0.05) is 12.1 Å². The summed E-state index contributed by atoms with van der Waals surface area (Å²) in [5.74, 6) is 2.59. The summed E-state index contributed by atoms with van der Waals surface area (Å²) in [6.45, 7) is 1.92. The number of aldehydes is 1. The van der Waals surface area contributed by atoms with Crippen molar-refractivity contribution in [3.8, 4) is 0 Å². The lowest BCUT2D eigenvalue weighted by Crippen LogP contribution is -1.97. The molecule has 0 aliphatic heterocycles. The molecule has 0 unspecified atom stereocenters. The summed E-state index contributed by atoms with van der Waals surface area (Å²) in [5, 5.41) is 8.10. The maximum Gasteiger partial charge on any atom is 0.150 e. The number of aromatic nitrogens is 3. The monoisotopic (exact) mass is 247 g/mol. The van der Waals surface area contributed by atoms with Crippen molar-refractivity contribution in [2.75, 3.05) is 0 Å². The Bertz CT molecular complexity index is 536. The first kappa shape index (κ1) is 11.9. The Morgan fingerprint density at radius 3 is 2.88 bits per heavy atom. The smallest absolute Gasteiger partial charge is 0.150 e. The molecule has 0 aliphatic rings. The molecule has 0 saturated carbocycles. The van der Waals surface area contributed by atoms with E-state index in [0.717, 1.165) is 28.6 Å². The van der Waals surface area contributed by atoms with Gasteiger partial charge in [-0.3, -0.25) is 4.79 Å². The molecule has 0 aliphatic carbocycles. The molecule has 0 radical (unpaired) electrons. The molecule has 0 fully saturated rings. The van der Waals surface area contributed by atoms with Crippen LogP contribution in [0.1, 0.15) is 22.0 Å². The van der Waals surface area contributed by atoms with E-state index < -0.39 is 0 Å². The van der Waals surface area contributed by atoms with Gasteiger partial charge in [-0.2, -0.15) is 0 Å². The third kappa shape index (κ3) is 2.74. The van der Waals surface area contributed by atoms with Crippen LogP contribution in [-0.2, 0) is 12.8 Å². The first-order chi connectivity index (χ1) is 8.20. The summed E-state index contributed by atoms with van der Waals surface area (Å²) < 4.78 is 1.97. The van der Waals surface area contributed by atoms with E-state index in [2.05, 4.69) is 10.2 Å². The normalized spacial score (nSPS) is 10.5. The molecule has 0 amide bonds. The second-order valence-electron chi connectivity index (χ2n) is 3.70. The molecule has 17 heavy (non-hydrogen) atoms. The highest BCUT2D eigenvalue weighted by atomic mass is 32.2. The van der Waals surface area contributed by atoms with Crippen molar-refractivity contribution >= 4 is 18.0 Å². The molecular formula is C12H13N3OS. The molecule has 5 heteroatoms. The van der Waals surface area contributed by atoms with Crippen molar-refractivity contribution in [3.05, 3.63) is 41.5 Å². The van der Waals surface area contributed by atoms with E-state index in [4.69, 9.17) is 0 Å². The maximum atomic E-state index is 10.7. The Kier molecular flexibility index (Phi) is 3.58. The summed E-state index contributed by atoms with van der Waals surface area (Å²) in [5.41, 5.74) is 0.698. The Hall–Kier alpha value is -1.62. The van der Waals surface area contributed by atoms with E-state index >= 15 is 0 Å². The van der Waals surface area contributed by atoms with Gasteiger partial charge in [0, 0.05) is 17.5 Å². The SMILES string of the molecule is Cc1nnc(CSc2cccc(C=O)c2)n1C. The van der Waals surface area contributed by atoms with Gasteiger partial charge in [0.05, 0.1) is 5.75 Å². The Labute approximate surface area is 104 Å². The zero-order valence-corrected chi connectivity index (χ0v) is 10.6. The first-order valence-corrected chi connectivity index (χ1v) is 6.22. The fourth-order valence-corrected chi connectivity index (χ4v) is 2.34. The van der Waals surface area contributed by atoms with Gasteiger partial charge in [0.15, 0.2) is 0 Å². The van der Waals surface area contributed by atoms with Gasteiger partial charge in [0.25, 0.3) is 0 Å². The quantitative estimate of drug-likeness (QED) is 0.614. The second-order valence-corrected chi connectivity index (χ2v) is 4.75. The number of hydrogen-bond acceptors (Lipinski definition) is 4. The predicted molar refractivity (Wildman–Crippen MR) is 67.1 cm³/mol. The fourth-order valence-electron chi connectivity index (χ4n) is 1.40. The predicted octanol–water partition coefficient (Wildman–Crippen LogP) is 2.23. The van der Waals surface area contributed by atoms with Crippen LogP contribution in [-0.4, -0.2) is 21.1 Å². The lowest BCUT2D eigenvalue weighted by Gasteiger charge is -2.02.